The third-order valence-electron chi connectivity index (χ3n) is 11.4. The zero-order valence-electron chi connectivity index (χ0n) is 37.3. The first kappa shape index (κ1) is 52.7. The Morgan fingerprint density at radius 2 is 0.870 bits per heavy atom. The summed E-state index contributed by atoms with van der Waals surface area (Å²) in [5, 5.41) is 0. The lowest BCUT2D eigenvalue weighted by Crippen LogP contribution is -2.37. The molecule has 0 bridgehead atoms. The van der Waals surface area contributed by atoms with Crippen molar-refractivity contribution in [3.05, 3.63) is 0 Å². The first-order valence-electron chi connectivity index (χ1n) is 23.9. The Morgan fingerprint density at radius 1 is 0.444 bits per heavy atom. The SMILES string of the molecule is CCCCCCCCCCC(CCCCCCCCCCC(=O)OCC(CCCC)CCCCCCCC)OC(=O)OCCN(CC)CCN(CC)CC. The van der Waals surface area contributed by atoms with E-state index < -0.39 is 6.16 Å². The van der Waals surface area contributed by atoms with Crippen LogP contribution in [0.4, 0.5) is 4.79 Å². The molecule has 7 nitrogen and oxygen atoms in total. The number of rotatable bonds is 42. The summed E-state index contributed by atoms with van der Waals surface area (Å²) in [5.74, 6) is 0.538. The first-order chi connectivity index (χ1) is 26.4. The lowest BCUT2D eigenvalue weighted by molar-refractivity contribution is -0.145. The zero-order valence-corrected chi connectivity index (χ0v) is 37.3. The quantitative estimate of drug-likeness (QED) is 0.0453. The van der Waals surface area contributed by atoms with Crippen molar-refractivity contribution in [2.75, 3.05) is 52.5 Å². The molecule has 0 aromatic rings. The minimum absolute atomic E-state index is 0.000815. The third-order valence-corrected chi connectivity index (χ3v) is 11.4. The molecule has 7 heteroatoms. The van der Waals surface area contributed by atoms with Gasteiger partial charge in [0.25, 0.3) is 0 Å². The molecule has 322 valence electrons. The van der Waals surface area contributed by atoms with Crippen molar-refractivity contribution < 1.29 is 23.8 Å². The summed E-state index contributed by atoms with van der Waals surface area (Å²) in [6.45, 7) is 20.2. The van der Waals surface area contributed by atoms with Crippen molar-refractivity contribution in [1.82, 2.24) is 9.80 Å². The minimum Gasteiger partial charge on any atom is -0.465 e. The Hall–Kier alpha value is -1.34. The van der Waals surface area contributed by atoms with E-state index in [0.29, 0.717) is 25.6 Å². The molecule has 0 heterocycles. The van der Waals surface area contributed by atoms with Crippen molar-refractivity contribution in [3.8, 4) is 0 Å². The van der Waals surface area contributed by atoms with Crippen LogP contribution in [0, 0.1) is 5.92 Å². The molecule has 0 saturated carbocycles. The first-order valence-corrected chi connectivity index (χ1v) is 23.9. The van der Waals surface area contributed by atoms with Gasteiger partial charge in [-0.3, -0.25) is 9.69 Å². The average molecular weight is 767 g/mol. The summed E-state index contributed by atoms with van der Waals surface area (Å²) < 4.78 is 17.2. The molecule has 0 fully saturated rings. The number of unbranched alkanes of at least 4 members (excludes halogenated alkanes) is 20. The van der Waals surface area contributed by atoms with Gasteiger partial charge in [-0.25, -0.2) is 4.79 Å². The van der Waals surface area contributed by atoms with Gasteiger partial charge in [0.05, 0.1) is 6.61 Å². The fourth-order valence-corrected chi connectivity index (χ4v) is 7.45. The molecule has 0 aliphatic carbocycles. The standard InChI is InChI=1S/C47H94N2O5/c1-7-13-16-18-20-23-27-31-36-45(54-47(51)52-42-41-49(12-6)40-39-48(10-4)11-5)37-32-28-24-21-22-25-29-33-38-46(50)53-43-44(34-15-9-3)35-30-26-19-17-14-8-2/h44-45H,7-43H2,1-6H3. The molecule has 0 aliphatic heterocycles. The van der Waals surface area contributed by atoms with Gasteiger partial charge in [-0.05, 0) is 70.5 Å². The third kappa shape index (κ3) is 35.1. The monoisotopic (exact) mass is 767 g/mol. The van der Waals surface area contributed by atoms with E-state index in [9.17, 15) is 9.59 Å². The van der Waals surface area contributed by atoms with E-state index in [1.54, 1.807) is 0 Å². The summed E-state index contributed by atoms with van der Waals surface area (Å²) in [5.41, 5.74) is 0. The molecule has 2 unspecified atom stereocenters. The van der Waals surface area contributed by atoms with Crippen molar-refractivity contribution in [1.29, 1.82) is 0 Å². The second kappa shape index (κ2) is 41.3. The molecule has 0 radical (unpaired) electrons. The number of likely N-dealkylation sites (N-methyl/N-ethyl adjacent to an activating group) is 2. The Bertz CT molecular complexity index is 792. The summed E-state index contributed by atoms with van der Waals surface area (Å²) in [6, 6.07) is 0. The topological polar surface area (TPSA) is 68.3 Å². The highest BCUT2D eigenvalue weighted by Crippen LogP contribution is 2.20. The van der Waals surface area contributed by atoms with Crippen molar-refractivity contribution in [3.63, 3.8) is 0 Å². The predicted octanol–water partition coefficient (Wildman–Crippen LogP) is 13.7. The minimum atomic E-state index is -0.493. The van der Waals surface area contributed by atoms with Crippen LogP contribution >= 0.6 is 0 Å². The number of carbonyl (C=O) groups excluding carboxylic acids is 2. The molecule has 0 rings (SSSR count). The second-order valence-electron chi connectivity index (χ2n) is 16.2. The lowest BCUT2D eigenvalue weighted by atomic mass is 9.96. The molecule has 0 aromatic carbocycles. The van der Waals surface area contributed by atoms with Gasteiger partial charge >= 0.3 is 12.1 Å². The highest BCUT2D eigenvalue weighted by molar-refractivity contribution is 5.69. The van der Waals surface area contributed by atoms with E-state index in [4.69, 9.17) is 14.2 Å². The number of esters is 1. The van der Waals surface area contributed by atoms with Crippen LogP contribution in [0.2, 0.25) is 0 Å². The van der Waals surface area contributed by atoms with Crippen LogP contribution in [-0.2, 0) is 19.0 Å². The summed E-state index contributed by atoms with van der Waals surface area (Å²) in [6.07, 6.45) is 34.1. The normalized spacial score (nSPS) is 12.7. The molecule has 54 heavy (non-hydrogen) atoms. The predicted molar refractivity (Wildman–Crippen MR) is 231 cm³/mol. The maximum atomic E-state index is 12.7. The fourth-order valence-electron chi connectivity index (χ4n) is 7.45. The van der Waals surface area contributed by atoms with Gasteiger partial charge in [-0.1, -0.05) is 176 Å². The van der Waals surface area contributed by atoms with E-state index in [1.165, 1.54) is 141 Å². The average Bonchev–Trinajstić information content (AvgIpc) is 3.17. The fraction of sp³-hybridized carbons (Fsp3) is 0.957. The molecular weight excluding hydrogens is 673 g/mol. The van der Waals surface area contributed by atoms with E-state index in [-0.39, 0.29) is 12.1 Å². The Morgan fingerprint density at radius 3 is 1.37 bits per heavy atom. The molecular formula is C47H94N2O5. The Kier molecular flexibility index (Phi) is 40.3. The largest absolute Gasteiger partial charge is 0.508 e. The molecule has 0 aromatic heterocycles. The van der Waals surface area contributed by atoms with Gasteiger partial charge in [-0.15, -0.1) is 0 Å². The van der Waals surface area contributed by atoms with Gasteiger partial charge in [0.1, 0.15) is 12.7 Å². The Labute approximate surface area is 337 Å². The van der Waals surface area contributed by atoms with Gasteiger partial charge in [-0.2, -0.15) is 0 Å². The maximum Gasteiger partial charge on any atom is 0.508 e. The molecule has 0 saturated heterocycles. The zero-order chi connectivity index (χ0) is 39.7. The van der Waals surface area contributed by atoms with Crippen molar-refractivity contribution in [2.45, 2.75) is 234 Å². The number of hydrogen-bond acceptors (Lipinski definition) is 7. The van der Waals surface area contributed by atoms with Crippen LogP contribution in [0.3, 0.4) is 0 Å². The van der Waals surface area contributed by atoms with E-state index in [0.717, 1.165) is 77.8 Å². The molecule has 0 aliphatic rings. The van der Waals surface area contributed by atoms with Crippen LogP contribution in [0.5, 0.6) is 0 Å². The van der Waals surface area contributed by atoms with Crippen molar-refractivity contribution in [2.24, 2.45) is 5.92 Å². The summed E-state index contributed by atoms with van der Waals surface area (Å²) in [7, 11) is 0. The van der Waals surface area contributed by atoms with Crippen LogP contribution in [0.1, 0.15) is 228 Å². The number of hydrogen-bond donors (Lipinski definition) is 0. The number of nitrogens with zero attached hydrogens (tertiary/aromatic N) is 2. The highest BCUT2D eigenvalue weighted by Gasteiger charge is 2.17. The van der Waals surface area contributed by atoms with Gasteiger partial charge in [0, 0.05) is 26.1 Å². The van der Waals surface area contributed by atoms with Gasteiger partial charge in [0.2, 0.25) is 0 Å². The van der Waals surface area contributed by atoms with Crippen LogP contribution in [0.25, 0.3) is 0 Å². The molecule has 2 atom stereocenters. The van der Waals surface area contributed by atoms with Crippen LogP contribution in [-0.4, -0.2) is 80.5 Å². The number of carbonyl (C=O) groups is 2. The smallest absolute Gasteiger partial charge is 0.465 e. The Balaban J connectivity index is 4.32. The van der Waals surface area contributed by atoms with Gasteiger partial charge in [0.15, 0.2) is 0 Å². The van der Waals surface area contributed by atoms with E-state index >= 15 is 0 Å². The van der Waals surface area contributed by atoms with Crippen LogP contribution < -0.4 is 0 Å². The van der Waals surface area contributed by atoms with E-state index in [2.05, 4.69) is 51.3 Å². The molecule has 0 spiro atoms. The summed E-state index contributed by atoms with van der Waals surface area (Å²) in [4.78, 5) is 29.9. The summed E-state index contributed by atoms with van der Waals surface area (Å²) >= 11 is 0. The van der Waals surface area contributed by atoms with Crippen molar-refractivity contribution >= 4 is 12.1 Å². The lowest BCUT2D eigenvalue weighted by Gasteiger charge is -2.25. The highest BCUT2D eigenvalue weighted by atomic mass is 16.7. The van der Waals surface area contributed by atoms with E-state index in [1.807, 2.05) is 0 Å². The molecule has 0 amide bonds. The molecule has 0 N–H and O–H groups in total. The maximum absolute atomic E-state index is 12.7. The van der Waals surface area contributed by atoms with Crippen LogP contribution in [0.15, 0.2) is 0 Å². The second-order valence-corrected chi connectivity index (χ2v) is 16.2. The van der Waals surface area contributed by atoms with Gasteiger partial charge < -0.3 is 19.1 Å². The number of ether oxygens (including phenoxy) is 3.